The van der Waals surface area contributed by atoms with E-state index in [-0.39, 0.29) is 23.4 Å². The third-order valence-electron chi connectivity index (χ3n) is 7.12. The van der Waals surface area contributed by atoms with Crippen LogP contribution in [0, 0.1) is 9.39 Å². The van der Waals surface area contributed by atoms with Gasteiger partial charge >= 0.3 is 0 Å². The Kier molecular flexibility index (Phi) is 11.9. The van der Waals surface area contributed by atoms with E-state index in [4.69, 9.17) is 0 Å². The van der Waals surface area contributed by atoms with Crippen molar-refractivity contribution in [1.82, 2.24) is 10.2 Å². The number of amides is 2. The van der Waals surface area contributed by atoms with Crippen molar-refractivity contribution in [2.75, 3.05) is 17.4 Å². The van der Waals surface area contributed by atoms with Crippen LogP contribution in [0.1, 0.15) is 30.9 Å². The first-order chi connectivity index (χ1) is 21.2. The summed E-state index contributed by atoms with van der Waals surface area (Å²) in [5, 5.41) is 2.93. The number of carbonyl (C=O) groups excluding carboxylic acids is 2. The van der Waals surface area contributed by atoms with E-state index in [1.165, 1.54) is 23.1 Å². The molecular formula is C34H35FIN3O4S. The van der Waals surface area contributed by atoms with Crippen LogP contribution in [0.15, 0.2) is 114 Å². The molecule has 0 aliphatic rings. The number of hydrogen-bond acceptors (Lipinski definition) is 4. The van der Waals surface area contributed by atoms with Gasteiger partial charge in [-0.15, -0.1) is 0 Å². The van der Waals surface area contributed by atoms with Gasteiger partial charge in [0.25, 0.3) is 10.0 Å². The predicted octanol–water partition coefficient (Wildman–Crippen LogP) is 6.18. The molecule has 0 unspecified atom stereocenters. The molecule has 0 radical (unpaired) electrons. The third kappa shape index (κ3) is 8.66. The molecule has 0 aromatic heterocycles. The number of carbonyl (C=O) groups is 2. The third-order valence-corrected chi connectivity index (χ3v) is 9.63. The zero-order valence-corrected chi connectivity index (χ0v) is 27.4. The molecule has 44 heavy (non-hydrogen) atoms. The first-order valence-electron chi connectivity index (χ1n) is 14.4. The summed E-state index contributed by atoms with van der Waals surface area (Å²) in [6.45, 7) is 1.60. The molecule has 0 saturated heterocycles. The highest BCUT2D eigenvalue weighted by Crippen LogP contribution is 2.26. The lowest BCUT2D eigenvalue weighted by molar-refractivity contribution is -0.140. The quantitative estimate of drug-likeness (QED) is 0.124. The number of halogens is 2. The molecule has 0 spiro atoms. The predicted molar refractivity (Wildman–Crippen MR) is 179 cm³/mol. The van der Waals surface area contributed by atoms with Gasteiger partial charge in [0, 0.05) is 28.6 Å². The molecule has 1 atom stereocenters. The summed E-state index contributed by atoms with van der Waals surface area (Å²) in [6, 6.07) is 28.9. The van der Waals surface area contributed by atoms with E-state index in [9.17, 15) is 22.4 Å². The van der Waals surface area contributed by atoms with Crippen molar-refractivity contribution in [2.24, 2.45) is 0 Å². The standard InChI is InChI=1S/C34H35FIN3O4S/c1-2-3-22-37-34(41)32(23-26-12-6-4-7-13-26)38(24-27-14-10-11-17-31(27)35)33(40)25-39(29-20-18-28(36)19-21-29)44(42,43)30-15-8-5-9-16-30/h4-21,32H,2-3,22-25H2,1H3,(H,37,41)/t32-/m0/s1. The second kappa shape index (κ2) is 15.8. The van der Waals surface area contributed by atoms with Gasteiger partial charge in [0.15, 0.2) is 0 Å². The number of unbranched alkanes of at least 4 members (excludes halogenated alkanes) is 1. The molecule has 10 heteroatoms. The van der Waals surface area contributed by atoms with Crippen LogP contribution in [0.3, 0.4) is 0 Å². The van der Waals surface area contributed by atoms with Crippen LogP contribution in [0.25, 0.3) is 0 Å². The van der Waals surface area contributed by atoms with Gasteiger partial charge in [-0.25, -0.2) is 12.8 Å². The topological polar surface area (TPSA) is 86.8 Å². The van der Waals surface area contributed by atoms with Crippen molar-refractivity contribution in [3.8, 4) is 0 Å². The van der Waals surface area contributed by atoms with Crippen molar-refractivity contribution in [1.29, 1.82) is 0 Å². The molecule has 2 amide bonds. The summed E-state index contributed by atoms with van der Waals surface area (Å²) in [6.07, 6.45) is 1.78. The molecule has 0 fully saturated rings. The molecule has 4 aromatic carbocycles. The summed E-state index contributed by atoms with van der Waals surface area (Å²) in [5.74, 6) is -1.56. The Labute approximate surface area is 272 Å². The molecular weight excluding hydrogens is 692 g/mol. The molecule has 1 N–H and O–H groups in total. The van der Waals surface area contributed by atoms with E-state index in [1.54, 1.807) is 60.7 Å². The lowest BCUT2D eigenvalue weighted by Crippen LogP contribution is -2.53. The first kappa shape index (κ1) is 33.1. The second-order valence-corrected chi connectivity index (χ2v) is 13.4. The van der Waals surface area contributed by atoms with Gasteiger partial charge < -0.3 is 10.2 Å². The first-order valence-corrected chi connectivity index (χ1v) is 16.9. The fourth-order valence-corrected chi connectivity index (χ4v) is 6.52. The molecule has 230 valence electrons. The second-order valence-electron chi connectivity index (χ2n) is 10.3. The van der Waals surface area contributed by atoms with Gasteiger partial charge in [0.1, 0.15) is 18.4 Å². The minimum Gasteiger partial charge on any atom is -0.354 e. The molecule has 0 heterocycles. The fraction of sp³-hybridized carbons (Fsp3) is 0.235. The number of nitrogens with one attached hydrogen (secondary N) is 1. The number of hydrogen-bond donors (Lipinski definition) is 1. The summed E-state index contributed by atoms with van der Waals surface area (Å²) < 4.78 is 44.9. The smallest absolute Gasteiger partial charge is 0.264 e. The van der Waals surface area contributed by atoms with E-state index in [0.717, 1.165) is 26.3 Å². The molecule has 7 nitrogen and oxygen atoms in total. The number of rotatable bonds is 14. The van der Waals surface area contributed by atoms with E-state index in [2.05, 4.69) is 27.9 Å². The van der Waals surface area contributed by atoms with Crippen molar-refractivity contribution < 1.29 is 22.4 Å². The number of sulfonamides is 1. The van der Waals surface area contributed by atoms with Gasteiger partial charge in [-0.2, -0.15) is 0 Å². The summed E-state index contributed by atoms with van der Waals surface area (Å²) in [7, 11) is -4.19. The minimum atomic E-state index is -4.19. The average molecular weight is 728 g/mol. The zero-order chi connectivity index (χ0) is 31.5. The lowest BCUT2D eigenvalue weighted by atomic mass is 10.0. The Bertz CT molecular complexity index is 1640. The highest BCUT2D eigenvalue weighted by atomic mass is 127. The Morgan fingerprint density at radius 1 is 0.864 bits per heavy atom. The summed E-state index contributed by atoms with van der Waals surface area (Å²) >= 11 is 2.12. The fourth-order valence-electron chi connectivity index (χ4n) is 4.73. The normalized spacial score (nSPS) is 11.9. The average Bonchev–Trinajstić information content (AvgIpc) is 3.03. The SMILES string of the molecule is CCCCNC(=O)[C@H](Cc1ccccc1)N(Cc1ccccc1F)C(=O)CN(c1ccc(I)cc1)S(=O)(=O)c1ccccc1. The molecule has 0 bridgehead atoms. The highest BCUT2D eigenvalue weighted by Gasteiger charge is 2.34. The minimum absolute atomic E-state index is 0.0187. The van der Waals surface area contributed by atoms with Crippen molar-refractivity contribution in [2.45, 2.75) is 43.7 Å². The van der Waals surface area contributed by atoms with Crippen LogP contribution in [-0.4, -0.2) is 44.3 Å². The Balaban J connectivity index is 1.78. The van der Waals surface area contributed by atoms with Crippen molar-refractivity contribution >= 4 is 50.1 Å². The van der Waals surface area contributed by atoms with Crippen LogP contribution in [0.5, 0.6) is 0 Å². The van der Waals surface area contributed by atoms with Gasteiger partial charge in [0.05, 0.1) is 10.6 Å². The monoisotopic (exact) mass is 727 g/mol. The van der Waals surface area contributed by atoms with E-state index in [1.807, 2.05) is 37.3 Å². The van der Waals surface area contributed by atoms with Crippen molar-refractivity contribution in [3.05, 3.63) is 130 Å². The van der Waals surface area contributed by atoms with Crippen LogP contribution >= 0.6 is 22.6 Å². The van der Waals surface area contributed by atoms with Gasteiger partial charge in [-0.05, 0) is 77.0 Å². The number of nitrogens with zero attached hydrogens (tertiary/aromatic N) is 2. The number of anilines is 1. The van der Waals surface area contributed by atoms with Gasteiger partial charge in [0.2, 0.25) is 11.8 Å². The van der Waals surface area contributed by atoms with Crippen LogP contribution in [0.2, 0.25) is 0 Å². The summed E-state index contributed by atoms with van der Waals surface area (Å²) in [4.78, 5) is 29.4. The van der Waals surface area contributed by atoms with E-state index >= 15 is 0 Å². The van der Waals surface area contributed by atoms with Gasteiger partial charge in [-0.3, -0.25) is 13.9 Å². The molecule has 4 rings (SSSR count). The molecule has 0 aliphatic heterocycles. The van der Waals surface area contributed by atoms with Gasteiger partial charge in [-0.1, -0.05) is 80.1 Å². The van der Waals surface area contributed by atoms with E-state index < -0.39 is 40.2 Å². The van der Waals surface area contributed by atoms with Crippen LogP contribution in [0.4, 0.5) is 10.1 Å². The maximum atomic E-state index is 15.0. The number of benzene rings is 4. The Morgan fingerprint density at radius 2 is 1.48 bits per heavy atom. The summed E-state index contributed by atoms with van der Waals surface area (Å²) in [5.41, 5.74) is 1.31. The molecule has 0 aliphatic carbocycles. The zero-order valence-electron chi connectivity index (χ0n) is 24.4. The molecule has 4 aromatic rings. The Morgan fingerprint density at radius 3 is 2.11 bits per heavy atom. The van der Waals surface area contributed by atoms with Crippen molar-refractivity contribution in [3.63, 3.8) is 0 Å². The highest BCUT2D eigenvalue weighted by molar-refractivity contribution is 14.1. The lowest BCUT2D eigenvalue weighted by Gasteiger charge is -2.34. The van der Waals surface area contributed by atoms with Crippen LogP contribution < -0.4 is 9.62 Å². The van der Waals surface area contributed by atoms with E-state index in [0.29, 0.717) is 12.2 Å². The van der Waals surface area contributed by atoms with Crippen LogP contribution in [-0.2, 0) is 32.6 Å². The Hall–Kier alpha value is -3.77. The maximum absolute atomic E-state index is 15.0. The largest absolute Gasteiger partial charge is 0.354 e. The maximum Gasteiger partial charge on any atom is 0.264 e. The molecule has 0 saturated carbocycles.